The van der Waals surface area contributed by atoms with Gasteiger partial charge in [-0.05, 0) is 37.5 Å². The van der Waals surface area contributed by atoms with E-state index < -0.39 is 44.3 Å². The van der Waals surface area contributed by atoms with E-state index in [0.717, 1.165) is 22.5 Å². The topological polar surface area (TPSA) is 72.9 Å². The van der Waals surface area contributed by atoms with E-state index in [-0.39, 0.29) is 25.3 Å². The van der Waals surface area contributed by atoms with Crippen LogP contribution in [0.25, 0.3) is 0 Å². The summed E-state index contributed by atoms with van der Waals surface area (Å²) >= 11 is 0. The Labute approximate surface area is 182 Å². The molecular formula is C21H30F3NO5S. The summed E-state index contributed by atoms with van der Waals surface area (Å²) in [6.45, 7) is 9.20. The summed E-state index contributed by atoms with van der Waals surface area (Å²) in [5.41, 5.74) is -1.86. The van der Waals surface area contributed by atoms with Crippen LogP contribution in [0, 0.1) is 5.92 Å². The Bertz CT molecular complexity index is 870. The molecule has 0 aliphatic carbocycles. The van der Waals surface area contributed by atoms with Crippen LogP contribution in [0.1, 0.15) is 39.2 Å². The van der Waals surface area contributed by atoms with Crippen molar-refractivity contribution in [1.82, 2.24) is 4.31 Å². The number of alkyl halides is 3. The second-order valence-corrected chi connectivity index (χ2v) is 9.75. The minimum atomic E-state index is -4.67. The van der Waals surface area contributed by atoms with Crippen LogP contribution in [0.15, 0.2) is 41.8 Å². The summed E-state index contributed by atoms with van der Waals surface area (Å²) in [7, 11) is -1.74. The van der Waals surface area contributed by atoms with E-state index in [4.69, 9.17) is 4.74 Å². The molecule has 0 saturated heterocycles. The summed E-state index contributed by atoms with van der Waals surface area (Å²) in [5.74, 6) is -0.488. The lowest BCUT2D eigenvalue weighted by atomic mass is 9.92. The molecule has 0 amide bonds. The number of ether oxygens (including phenoxy) is 2. The van der Waals surface area contributed by atoms with Crippen LogP contribution >= 0.6 is 0 Å². The Morgan fingerprint density at radius 2 is 1.90 bits per heavy atom. The van der Waals surface area contributed by atoms with Gasteiger partial charge in [0.05, 0.1) is 29.3 Å². The van der Waals surface area contributed by atoms with Gasteiger partial charge in [-0.3, -0.25) is 4.79 Å². The molecule has 0 N–H and O–H groups in total. The predicted molar refractivity (Wildman–Crippen MR) is 111 cm³/mol. The number of halogens is 3. The molecule has 176 valence electrons. The van der Waals surface area contributed by atoms with E-state index in [1.807, 2.05) is 13.8 Å². The Balaban J connectivity index is 3.16. The van der Waals surface area contributed by atoms with E-state index in [0.29, 0.717) is 6.07 Å². The third kappa shape index (κ3) is 7.33. The van der Waals surface area contributed by atoms with Crippen molar-refractivity contribution in [3.05, 3.63) is 42.5 Å². The van der Waals surface area contributed by atoms with Gasteiger partial charge in [0.2, 0.25) is 10.0 Å². The highest BCUT2D eigenvalue weighted by Crippen LogP contribution is 2.31. The van der Waals surface area contributed by atoms with E-state index in [1.54, 1.807) is 13.0 Å². The summed E-state index contributed by atoms with van der Waals surface area (Å²) < 4.78 is 76.5. The average Bonchev–Trinajstić information content (AvgIpc) is 2.70. The maximum absolute atomic E-state index is 13.0. The van der Waals surface area contributed by atoms with Gasteiger partial charge < -0.3 is 9.47 Å². The summed E-state index contributed by atoms with van der Waals surface area (Å²) in [5, 5.41) is 0. The fourth-order valence-electron chi connectivity index (χ4n) is 2.75. The Hall–Kier alpha value is -1.91. The molecule has 10 heteroatoms. The molecule has 0 aliphatic rings. The van der Waals surface area contributed by atoms with Crippen molar-refractivity contribution in [2.24, 2.45) is 5.92 Å². The van der Waals surface area contributed by atoms with Gasteiger partial charge in [-0.15, -0.1) is 6.58 Å². The monoisotopic (exact) mass is 465 g/mol. The molecule has 2 atom stereocenters. The first kappa shape index (κ1) is 27.1. The number of rotatable bonds is 11. The van der Waals surface area contributed by atoms with Gasteiger partial charge in [0.15, 0.2) is 0 Å². The highest BCUT2D eigenvalue weighted by atomic mass is 32.2. The SMILES string of the molecule is C=CC(C)(O[C@@H](CCC(=O)OC)CN(C)S(=O)(=O)c1cccc(C(F)(F)F)c1)C(C)C. The van der Waals surface area contributed by atoms with Gasteiger partial charge in [-0.1, -0.05) is 26.0 Å². The smallest absolute Gasteiger partial charge is 0.416 e. The predicted octanol–water partition coefficient (Wildman–Crippen LogP) is 4.27. The molecule has 1 rings (SSSR count). The normalized spacial score (nSPS) is 15.5. The van der Waals surface area contributed by atoms with Crippen molar-refractivity contribution >= 4 is 16.0 Å². The Kier molecular flexibility index (Phi) is 9.28. The molecule has 6 nitrogen and oxygen atoms in total. The standard InChI is InChI=1S/C21H30F3NO5S/c1-7-20(4,15(2)3)30-17(11-12-19(26)29-6)14-25(5)31(27,28)18-10-8-9-16(13-18)21(22,23)24/h7-10,13,15,17H,1,11-12,14H2,2-6H3/t17-,20?/m0/s1. The molecule has 1 aromatic carbocycles. The highest BCUT2D eigenvalue weighted by molar-refractivity contribution is 7.89. The molecule has 0 saturated carbocycles. The molecule has 1 unspecified atom stereocenters. The number of benzene rings is 1. The molecule has 0 bridgehead atoms. The van der Waals surface area contributed by atoms with Gasteiger partial charge in [-0.25, -0.2) is 8.42 Å². The zero-order valence-corrected chi connectivity index (χ0v) is 19.2. The summed E-state index contributed by atoms with van der Waals surface area (Å²) in [6, 6.07) is 3.55. The molecule has 1 aromatic rings. The van der Waals surface area contributed by atoms with E-state index in [2.05, 4.69) is 11.3 Å². The molecule has 0 radical (unpaired) electrons. The fraction of sp³-hybridized carbons (Fsp3) is 0.571. The first-order chi connectivity index (χ1) is 14.2. The van der Waals surface area contributed by atoms with Gasteiger partial charge in [0, 0.05) is 20.0 Å². The van der Waals surface area contributed by atoms with Crippen molar-refractivity contribution in [2.75, 3.05) is 20.7 Å². The second kappa shape index (κ2) is 10.6. The summed E-state index contributed by atoms with van der Waals surface area (Å²) in [6.07, 6.45) is -3.64. The quantitative estimate of drug-likeness (QED) is 0.361. The third-order valence-electron chi connectivity index (χ3n) is 5.20. The molecule has 0 heterocycles. The zero-order valence-electron chi connectivity index (χ0n) is 18.4. The number of nitrogens with zero attached hydrogens (tertiary/aromatic N) is 1. The summed E-state index contributed by atoms with van der Waals surface area (Å²) in [4.78, 5) is 11.1. The lowest BCUT2D eigenvalue weighted by Crippen LogP contribution is -2.43. The fourth-order valence-corrected chi connectivity index (χ4v) is 3.99. The number of carbonyl (C=O) groups excluding carboxylic acids is 1. The molecule has 0 spiro atoms. The highest BCUT2D eigenvalue weighted by Gasteiger charge is 2.34. The van der Waals surface area contributed by atoms with Crippen molar-refractivity contribution in [3.8, 4) is 0 Å². The first-order valence-electron chi connectivity index (χ1n) is 9.69. The number of carbonyl (C=O) groups is 1. The maximum atomic E-state index is 13.0. The first-order valence-corrected chi connectivity index (χ1v) is 11.1. The number of hydrogen-bond acceptors (Lipinski definition) is 5. The van der Waals surface area contributed by atoms with E-state index in [9.17, 15) is 26.4 Å². The third-order valence-corrected chi connectivity index (χ3v) is 7.02. The van der Waals surface area contributed by atoms with Crippen LogP contribution in [-0.2, 0) is 30.5 Å². The van der Waals surface area contributed by atoms with Crippen molar-refractivity contribution < 1.29 is 35.9 Å². The largest absolute Gasteiger partial charge is 0.469 e. The van der Waals surface area contributed by atoms with Gasteiger partial charge in [0.25, 0.3) is 0 Å². The van der Waals surface area contributed by atoms with Crippen LogP contribution < -0.4 is 0 Å². The number of likely N-dealkylation sites (N-methyl/N-ethyl adjacent to an activating group) is 1. The van der Waals surface area contributed by atoms with Crippen LogP contribution in [0.5, 0.6) is 0 Å². The zero-order chi connectivity index (χ0) is 24.0. The number of esters is 1. The number of hydrogen-bond donors (Lipinski definition) is 0. The van der Waals surface area contributed by atoms with Crippen molar-refractivity contribution in [3.63, 3.8) is 0 Å². The lowest BCUT2D eigenvalue weighted by Gasteiger charge is -2.36. The minimum Gasteiger partial charge on any atom is -0.469 e. The van der Waals surface area contributed by atoms with Gasteiger partial charge >= 0.3 is 12.1 Å². The van der Waals surface area contributed by atoms with E-state index in [1.165, 1.54) is 14.2 Å². The molecule has 0 aromatic heterocycles. The molecular weight excluding hydrogens is 435 g/mol. The average molecular weight is 466 g/mol. The van der Waals surface area contributed by atoms with Crippen LogP contribution in [-0.4, -0.2) is 51.1 Å². The van der Waals surface area contributed by atoms with Crippen LogP contribution in [0.3, 0.4) is 0 Å². The Morgan fingerprint density at radius 3 is 2.39 bits per heavy atom. The number of sulfonamides is 1. The van der Waals surface area contributed by atoms with Gasteiger partial charge in [0.1, 0.15) is 0 Å². The lowest BCUT2D eigenvalue weighted by molar-refractivity contribution is -0.142. The van der Waals surface area contributed by atoms with Crippen LogP contribution in [0.4, 0.5) is 13.2 Å². The number of methoxy groups -OCH3 is 1. The Morgan fingerprint density at radius 1 is 1.29 bits per heavy atom. The van der Waals surface area contributed by atoms with E-state index >= 15 is 0 Å². The molecule has 0 aliphatic heterocycles. The minimum absolute atomic E-state index is 0.00370. The van der Waals surface area contributed by atoms with Crippen LogP contribution in [0.2, 0.25) is 0 Å². The van der Waals surface area contributed by atoms with Crippen molar-refractivity contribution in [1.29, 1.82) is 0 Å². The second-order valence-electron chi connectivity index (χ2n) is 7.71. The molecule has 31 heavy (non-hydrogen) atoms. The maximum Gasteiger partial charge on any atom is 0.416 e. The molecule has 0 fully saturated rings. The van der Waals surface area contributed by atoms with Crippen molar-refractivity contribution in [2.45, 2.75) is 56.4 Å². The van der Waals surface area contributed by atoms with Gasteiger partial charge in [-0.2, -0.15) is 17.5 Å².